The summed E-state index contributed by atoms with van der Waals surface area (Å²) in [5, 5.41) is 0. The fourth-order valence-electron chi connectivity index (χ4n) is 2.89. The monoisotopic (exact) mass is 383 g/mol. The molecule has 2 heterocycles. The van der Waals surface area contributed by atoms with Crippen LogP contribution in [-0.2, 0) is 12.8 Å². The first-order valence-corrected chi connectivity index (χ1v) is 8.44. The zero-order chi connectivity index (χ0) is 19.6. The van der Waals surface area contributed by atoms with E-state index in [1.807, 2.05) is 14.1 Å². The molecule has 1 atom stereocenters. The third kappa shape index (κ3) is 4.60. The van der Waals surface area contributed by atoms with Gasteiger partial charge in [-0.15, -0.1) is 0 Å². The van der Waals surface area contributed by atoms with Crippen molar-refractivity contribution in [2.75, 3.05) is 27.2 Å². The molecule has 3 rings (SSSR count). The number of rotatable bonds is 5. The molecule has 1 aromatic heterocycles. The molecule has 0 radical (unpaired) electrons. The first-order valence-electron chi connectivity index (χ1n) is 8.44. The van der Waals surface area contributed by atoms with Crippen molar-refractivity contribution in [1.82, 2.24) is 14.8 Å². The third-order valence-electron chi connectivity index (χ3n) is 4.48. The van der Waals surface area contributed by atoms with E-state index >= 15 is 0 Å². The Labute approximate surface area is 154 Å². The van der Waals surface area contributed by atoms with Crippen molar-refractivity contribution in [3.05, 3.63) is 47.7 Å². The minimum Gasteiger partial charge on any atom is -0.484 e. The molecule has 0 bridgehead atoms. The first-order chi connectivity index (χ1) is 12.7. The Bertz CT molecular complexity index is 804. The van der Waals surface area contributed by atoms with Crippen LogP contribution < -0.4 is 4.74 Å². The molecule has 1 fully saturated rings. The van der Waals surface area contributed by atoms with Crippen LogP contribution in [0, 0.1) is 0 Å². The van der Waals surface area contributed by atoms with Gasteiger partial charge in [0.2, 0.25) is 5.89 Å². The Hall–Kier alpha value is -2.55. The fraction of sp³-hybridized carbons (Fsp3) is 0.444. The van der Waals surface area contributed by atoms with Gasteiger partial charge in [-0.1, -0.05) is 6.07 Å². The molecular weight excluding hydrogens is 363 g/mol. The minimum absolute atomic E-state index is 0.0456. The molecule has 0 spiro atoms. The SMILES string of the molecule is CN(C)[C@H]1CCN(C(=O)c2coc(COc3cccc(C(F)(F)F)c3)n2)C1. The smallest absolute Gasteiger partial charge is 0.416 e. The second kappa shape index (κ2) is 7.59. The maximum Gasteiger partial charge on any atom is 0.416 e. The lowest BCUT2D eigenvalue weighted by Gasteiger charge is -2.19. The molecule has 27 heavy (non-hydrogen) atoms. The number of likely N-dealkylation sites (N-methyl/N-ethyl adjacent to an activating group) is 1. The molecule has 1 saturated heterocycles. The lowest BCUT2D eigenvalue weighted by atomic mass is 10.2. The van der Waals surface area contributed by atoms with Gasteiger partial charge in [-0.25, -0.2) is 4.98 Å². The molecule has 1 amide bonds. The van der Waals surface area contributed by atoms with Crippen LogP contribution in [-0.4, -0.2) is 53.9 Å². The first kappa shape index (κ1) is 19.2. The van der Waals surface area contributed by atoms with Gasteiger partial charge in [-0.2, -0.15) is 13.2 Å². The Morgan fingerprint density at radius 1 is 1.41 bits per heavy atom. The van der Waals surface area contributed by atoms with E-state index in [2.05, 4.69) is 9.88 Å². The molecule has 1 aliphatic rings. The summed E-state index contributed by atoms with van der Waals surface area (Å²) in [5.41, 5.74) is -0.634. The number of halogens is 3. The fourth-order valence-corrected chi connectivity index (χ4v) is 2.89. The van der Waals surface area contributed by atoms with Crippen LogP contribution in [0.4, 0.5) is 13.2 Å². The van der Waals surface area contributed by atoms with E-state index in [-0.39, 0.29) is 29.8 Å². The van der Waals surface area contributed by atoms with Crippen LogP contribution in [0.15, 0.2) is 34.9 Å². The predicted molar refractivity (Wildman–Crippen MR) is 90.3 cm³/mol. The van der Waals surface area contributed by atoms with Gasteiger partial charge in [0.25, 0.3) is 5.91 Å². The highest BCUT2D eigenvalue weighted by molar-refractivity contribution is 5.92. The number of hydrogen-bond donors (Lipinski definition) is 0. The number of alkyl halides is 3. The zero-order valence-corrected chi connectivity index (χ0v) is 15.0. The molecule has 1 aromatic carbocycles. The molecule has 0 saturated carbocycles. The van der Waals surface area contributed by atoms with Crippen LogP contribution in [0.25, 0.3) is 0 Å². The van der Waals surface area contributed by atoms with Crippen molar-refractivity contribution in [2.45, 2.75) is 25.2 Å². The van der Waals surface area contributed by atoms with Crippen molar-refractivity contribution in [2.24, 2.45) is 0 Å². The average Bonchev–Trinajstić information content (AvgIpc) is 3.29. The van der Waals surface area contributed by atoms with E-state index in [1.165, 1.54) is 18.4 Å². The van der Waals surface area contributed by atoms with Crippen molar-refractivity contribution < 1.29 is 27.1 Å². The average molecular weight is 383 g/mol. The summed E-state index contributed by atoms with van der Waals surface area (Å²) in [7, 11) is 3.94. The van der Waals surface area contributed by atoms with Gasteiger partial charge in [0, 0.05) is 19.1 Å². The number of carbonyl (C=O) groups is 1. The van der Waals surface area contributed by atoms with Gasteiger partial charge in [-0.05, 0) is 38.7 Å². The number of amides is 1. The van der Waals surface area contributed by atoms with Crippen LogP contribution in [0.2, 0.25) is 0 Å². The minimum atomic E-state index is -4.44. The molecule has 0 aliphatic carbocycles. The Balaban J connectivity index is 1.59. The van der Waals surface area contributed by atoms with Gasteiger partial charge in [-0.3, -0.25) is 4.79 Å². The number of nitrogens with zero attached hydrogens (tertiary/aromatic N) is 3. The highest BCUT2D eigenvalue weighted by Crippen LogP contribution is 2.31. The largest absolute Gasteiger partial charge is 0.484 e. The van der Waals surface area contributed by atoms with Gasteiger partial charge in [0.15, 0.2) is 12.3 Å². The second-order valence-electron chi connectivity index (χ2n) is 6.60. The summed E-state index contributed by atoms with van der Waals surface area (Å²) in [6.07, 6.45) is -2.31. The normalized spacial score (nSPS) is 17.6. The second-order valence-corrected chi connectivity index (χ2v) is 6.60. The van der Waals surface area contributed by atoms with E-state index < -0.39 is 11.7 Å². The van der Waals surface area contributed by atoms with Crippen molar-refractivity contribution in [3.8, 4) is 5.75 Å². The number of aromatic nitrogens is 1. The van der Waals surface area contributed by atoms with E-state index in [0.717, 1.165) is 18.6 Å². The Morgan fingerprint density at radius 2 is 2.19 bits per heavy atom. The topological polar surface area (TPSA) is 58.8 Å². The molecule has 9 heteroatoms. The quantitative estimate of drug-likeness (QED) is 0.794. The van der Waals surface area contributed by atoms with Gasteiger partial charge >= 0.3 is 6.18 Å². The van der Waals surface area contributed by atoms with Crippen molar-refractivity contribution in [1.29, 1.82) is 0 Å². The lowest BCUT2D eigenvalue weighted by molar-refractivity contribution is -0.137. The predicted octanol–water partition coefficient (Wildman–Crippen LogP) is 3.05. The summed E-state index contributed by atoms with van der Waals surface area (Å²) in [6, 6.07) is 4.85. The number of carbonyl (C=O) groups excluding carboxylic acids is 1. The summed E-state index contributed by atoms with van der Waals surface area (Å²) >= 11 is 0. The number of hydrogen-bond acceptors (Lipinski definition) is 5. The maximum atomic E-state index is 12.7. The maximum absolute atomic E-state index is 12.7. The molecule has 0 N–H and O–H groups in total. The zero-order valence-electron chi connectivity index (χ0n) is 15.0. The highest BCUT2D eigenvalue weighted by Gasteiger charge is 2.31. The van der Waals surface area contributed by atoms with E-state index in [0.29, 0.717) is 19.1 Å². The number of ether oxygens (including phenoxy) is 1. The van der Waals surface area contributed by atoms with Gasteiger partial charge in [0.05, 0.1) is 5.56 Å². The molecule has 0 unspecified atom stereocenters. The Morgan fingerprint density at radius 3 is 2.85 bits per heavy atom. The highest BCUT2D eigenvalue weighted by atomic mass is 19.4. The van der Waals surface area contributed by atoms with E-state index in [1.54, 1.807) is 4.90 Å². The third-order valence-corrected chi connectivity index (χ3v) is 4.48. The summed E-state index contributed by atoms with van der Waals surface area (Å²) in [5.74, 6) is -0.0585. The Kier molecular flexibility index (Phi) is 5.41. The van der Waals surface area contributed by atoms with Crippen LogP contribution >= 0.6 is 0 Å². The number of benzene rings is 1. The molecular formula is C18H20F3N3O3. The number of likely N-dealkylation sites (tertiary alicyclic amines) is 1. The van der Waals surface area contributed by atoms with Gasteiger partial charge in [0.1, 0.15) is 12.0 Å². The lowest BCUT2D eigenvalue weighted by Crippen LogP contribution is -2.34. The molecule has 2 aromatic rings. The summed E-state index contributed by atoms with van der Waals surface area (Å²) in [6.45, 7) is 1.09. The molecule has 146 valence electrons. The van der Waals surface area contributed by atoms with Crippen LogP contribution in [0.1, 0.15) is 28.4 Å². The van der Waals surface area contributed by atoms with E-state index in [4.69, 9.17) is 9.15 Å². The summed E-state index contributed by atoms with van der Waals surface area (Å²) in [4.78, 5) is 20.4. The number of oxazole rings is 1. The molecule has 1 aliphatic heterocycles. The van der Waals surface area contributed by atoms with Gasteiger partial charge < -0.3 is 19.0 Å². The van der Waals surface area contributed by atoms with E-state index in [9.17, 15) is 18.0 Å². The van der Waals surface area contributed by atoms with Crippen LogP contribution in [0.3, 0.4) is 0 Å². The van der Waals surface area contributed by atoms with Crippen LogP contribution in [0.5, 0.6) is 5.75 Å². The summed E-state index contributed by atoms with van der Waals surface area (Å²) < 4.78 is 48.7. The molecule has 6 nitrogen and oxygen atoms in total. The van der Waals surface area contributed by atoms with Crippen molar-refractivity contribution in [3.63, 3.8) is 0 Å². The standard InChI is InChI=1S/C18H20F3N3O3/c1-23(2)13-6-7-24(9-13)17(25)15-10-27-16(22-15)11-26-14-5-3-4-12(8-14)18(19,20)21/h3-5,8,10,13H,6-7,9,11H2,1-2H3/t13-/m0/s1. The van der Waals surface area contributed by atoms with Crippen molar-refractivity contribution >= 4 is 5.91 Å².